The van der Waals surface area contributed by atoms with E-state index in [-0.39, 0.29) is 17.7 Å². The molecule has 3 aromatic rings. The smallest absolute Gasteiger partial charge is 0.289 e. The highest BCUT2D eigenvalue weighted by molar-refractivity contribution is 6.30. The Morgan fingerprint density at radius 2 is 1.80 bits per heavy atom. The number of carbonyl (C=O) groups excluding carboxylic acids is 2. The lowest BCUT2D eigenvalue weighted by atomic mass is 9.96. The highest BCUT2D eigenvalue weighted by Crippen LogP contribution is 2.26. The number of carbonyl (C=O) groups is 2. The number of rotatable bonds is 5. The minimum atomic E-state index is -0.119. The third-order valence-electron chi connectivity index (χ3n) is 6.82. The first-order chi connectivity index (χ1) is 17.0. The predicted octanol–water partition coefficient (Wildman–Crippen LogP) is 4.09. The Balaban J connectivity index is 1.16. The van der Waals surface area contributed by atoms with Crippen molar-refractivity contribution in [3.05, 3.63) is 64.9 Å². The summed E-state index contributed by atoms with van der Waals surface area (Å²) in [6.07, 6.45) is 3.35. The lowest BCUT2D eigenvalue weighted by Crippen LogP contribution is -2.53. The molecule has 8 nitrogen and oxygen atoms in total. The molecule has 1 atom stereocenters. The van der Waals surface area contributed by atoms with Gasteiger partial charge in [0.15, 0.2) is 5.76 Å². The molecule has 0 saturated carbocycles. The van der Waals surface area contributed by atoms with Crippen molar-refractivity contribution in [1.29, 1.82) is 0 Å². The minimum Gasteiger partial charge on any atom is -0.459 e. The fraction of sp³-hybridized carbons (Fsp3) is 0.423. The van der Waals surface area contributed by atoms with Crippen LogP contribution in [-0.2, 0) is 11.3 Å². The van der Waals surface area contributed by atoms with Gasteiger partial charge in [0.2, 0.25) is 11.8 Å². The van der Waals surface area contributed by atoms with Gasteiger partial charge in [-0.2, -0.15) is 0 Å². The Kier molecular flexibility index (Phi) is 6.92. The van der Waals surface area contributed by atoms with Crippen molar-refractivity contribution in [2.75, 3.05) is 39.3 Å². The van der Waals surface area contributed by atoms with Crippen molar-refractivity contribution in [3.8, 4) is 11.5 Å². The first-order valence-electron chi connectivity index (χ1n) is 12.0. The molecule has 2 fully saturated rings. The summed E-state index contributed by atoms with van der Waals surface area (Å²) in [5.74, 6) is 1.74. The number of aryl methyl sites for hydroxylation is 1. The Bertz CT molecular complexity index is 1170. The van der Waals surface area contributed by atoms with Crippen molar-refractivity contribution in [3.63, 3.8) is 0 Å². The van der Waals surface area contributed by atoms with Crippen molar-refractivity contribution in [1.82, 2.24) is 19.7 Å². The number of likely N-dealkylation sites (tertiary alicyclic amines) is 1. The van der Waals surface area contributed by atoms with Gasteiger partial charge in [0.05, 0.1) is 17.9 Å². The summed E-state index contributed by atoms with van der Waals surface area (Å²) >= 11 is 5.99. The van der Waals surface area contributed by atoms with Crippen LogP contribution in [0.4, 0.5) is 0 Å². The second-order valence-electron chi connectivity index (χ2n) is 9.20. The van der Waals surface area contributed by atoms with Crippen LogP contribution in [0.15, 0.2) is 51.5 Å². The van der Waals surface area contributed by atoms with Crippen LogP contribution in [0.3, 0.4) is 0 Å². The molecule has 0 unspecified atom stereocenters. The third kappa shape index (κ3) is 5.28. The molecular formula is C26H29ClN4O4. The predicted molar refractivity (Wildman–Crippen MR) is 131 cm³/mol. The molecule has 9 heteroatoms. The number of aromatic nitrogens is 1. The van der Waals surface area contributed by atoms with Crippen molar-refractivity contribution >= 4 is 23.4 Å². The molecule has 0 spiro atoms. The van der Waals surface area contributed by atoms with Crippen LogP contribution in [0.25, 0.3) is 11.5 Å². The molecule has 1 aromatic carbocycles. The number of furan rings is 1. The average Bonchev–Trinajstić information content (AvgIpc) is 3.54. The summed E-state index contributed by atoms with van der Waals surface area (Å²) < 4.78 is 11.1. The molecule has 0 bridgehead atoms. The zero-order valence-corrected chi connectivity index (χ0v) is 20.5. The van der Waals surface area contributed by atoms with Crippen LogP contribution in [-0.4, -0.2) is 70.8 Å². The number of benzene rings is 1. The number of halogens is 1. The normalized spacial score (nSPS) is 19.2. The van der Waals surface area contributed by atoms with Crippen molar-refractivity contribution < 1.29 is 18.4 Å². The number of hydrogen-bond donors (Lipinski definition) is 0. The van der Waals surface area contributed by atoms with Crippen LogP contribution in [0.1, 0.15) is 34.9 Å². The zero-order valence-electron chi connectivity index (χ0n) is 19.8. The molecule has 4 heterocycles. The van der Waals surface area contributed by atoms with Crippen LogP contribution in [0.2, 0.25) is 5.02 Å². The SMILES string of the molecule is Cc1oc(-c2ccc(Cl)cc2)nc1CN1CCC[C@H](C(=O)N2CCN(C(=O)c3ccco3)CC2)C1. The van der Waals surface area contributed by atoms with Crippen molar-refractivity contribution in [2.45, 2.75) is 26.3 Å². The molecule has 0 aliphatic carbocycles. The average molecular weight is 497 g/mol. The molecule has 35 heavy (non-hydrogen) atoms. The number of piperidine rings is 1. The summed E-state index contributed by atoms with van der Waals surface area (Å²) in [5, 5.41) is 0.673. The van der Waals surface area contributed by atoms with E-state index in [0.29, 0.717) is 55.9 Å². The molecule has 5 rings (SSSR count). The molecule has 2 amide bonds. The molecule has 184 valence electrons. The fourth-order valence-corrected chi connectivity index (χ4v) is 4.97. The maximum Gasteiger partial charge on any atom is 0.289 e. The Morgan fingerprint density at radius 1 is 1.06 bits per heavy atom. The van der Waals surface area contributed by atoms with Gasteiger partial charge in [-0.3, -0.25) is 14.5 Å². The second-order valence-corrected chi connectivity index (χ2v) is 9.63. The Morgan fingerprint density at radius 3 is 2.51 bits per heavy atom. The van der Waals surface area contributed by atoms with Crippen LogP contribution in [0, 0.1) is 12.8 Å². The zero-order chi connectivity index (χ0) is 24.4. The summed E-state index contributed by atoms with van der Waals surface area (Å²) in [5.41, 5.74) is 1.79. The summed E-state index contributed by atoms with van der Waals surface area (Å²) in [4.78, 5) is 36.4. The van der Waals surface area contributed by atoms with Gasteiger partial charge in [0.25, 0.3) is 5.91 Å². The number of amides is 2. The van der Waals surface area contributed by atoms with Gasteiger partial charge in [0.1, 0.15) is 5.76 Å². The van der Waals surface area contributed by atoms with E-state index >= 15 is 0 Å². The fourth-order valence-electron chi connectivity index (χ4n) is 4.85. The number of oxazole rings is 1. The van der Waals surface area contributed by atoms with E-state index in [1.807, 2.05) is 36.1 Å². The standard InChI is InChI=1S/C26H29ClN4O4/c1-18-22(28-24(35-18)19-6-8-21(27)9-7-19)17-29-10-2-4-20(16-29)25(32)30-11-13-31(14-12-30)26(33)23-5-3-15-34-23/h3,5-9,15,20H,2,4,10-14,16-17H2,1H3/t20-/m0/s1. The molecular weight excluding hydrogens is 468 g/mol. The van der Waals surface area contributed by atoms with Gasteiger partial charge in [-0.25, -0.2) is 4.98 Å². The van der Waals surface area contributed by atoms with Gasteiger partial charge in [-0.05, 0) is 62.7 Å². The number of hydrogen-bond acceptors (Lipinski definition) is 6. The van der Waals surface area contributed by atoms with Crippen LogP contribution in [0.5, 0.6) is 0 Å². The van der Waals surface area contributed by atoms with Gasteiger partial charge in [-0.15, -0.1) is 0 Å². The third-order valence-corrected chi connectivity index (χ3v) is 7.07. The second kappa shape index (κ2) is 10.3. The minimum absolute atomic E-state index is 0.0426. The highest BCUT2D eigenvalue weighted by atomic mass is 35.5. The monoisotopic (exact) mass is 496 g/mol. The topological polar surface area (TPSA) is 83.0 Å². The van der Waals surface area contributed by atoms with Gasteiger partial charge in [-0.1, -0.05) is 11.6 Å². The molecule has 2 aromatic heterocycles. The largest absolute Gasteiger partial charge is 0.459 e. The first kappa shape index (κ1) is 23.6. The Labute approximate surface area is 209 Å². The van der Waals surface area contributed by atoms with Crippen LogP contribution >= 0.6 is 11.6 Å². The van der Waals surface area contributed by atoms with E-state index in [0.717, 1.165) is 36.4 Å². The maximum absolute atomic E-state index is 13.3. The molecule has 0 radical (unpaired) electrons. The van der Waals surface area contributed by atoms with Crippen molar-refractivity contribution in [2.24, 2.45) is 5.92 Å². The van der Waals surface area contributed by atoms with E-state index in [1.165, 1.54) is 6.26 Å². The van der Waals surface area contributed by atoms with Crippen LogP contribution < -0.4 is 0 Å². The maximum atomic E-state index is 13.3. The van der Waals surface area contributed by atoms with E-state index in [9.17, 15) is 9.59 Å². The van der Waals surface area contributed by atoms with Gasteiger partial charge >= 0.3 is 0 Å². The van der Waals surface area contributed by atoms with Gasteiger partial charge in [0, 0.05) is 49.9 Å². The molecule has 2 saturated heterocycles. The van der Waals surface area contributed by atoms with E-state index < -0.39 is 0 Å². The summed E-state index contributed by atoms with van der Waals surface area (Å²) in [6.45, 7) is 6.35. The number of piperazine rings is 1. The van der Waals surface area contributed by atoms with E-state index in [4.69, 9.17) is 25.4 Å². The van der Waals surface area contributed by atoms with E-state index in [2.05, 4.69) is 4.90 Å². The summed E-state index contributed by atoms with van der Waals surface area (Å²) in [6, 6.07) is 10.8. The summed E-state index contributed by atoms with van der Waals surface area (Å²) in [7, 11) is 0. The highest BCUT2D eigenvalue weighted by Gasteiger charge is 2.33. The number of nitrogens with zero attached hydrogens (tertiary/aromatic N) is 4. The lowest BCUT2D eigenvalue weighted by Gasteiger charge is -2.38. The first-order valence-corrected chi connectivity index (χ1v) is 12.4. The molecule has 2 aliphatic heterocycles. The Hall–Kier alpha value is -3.10. The quantitative estimate of drug-likeness (QED) is 0.529. The van der Waals surface area contributed by atoms with Gasteiger partial charge < -0.3 is 18.6 Å². The molecule has 2 aliphatic rings. The van der Waals surface area contributed by atoms with E-state index in [1.54, 1.807) is 17.0 Å². The molecule has 0 N–H and O–H groups in total. The lowest BCUT2D eigenvalue weighted by molar-refractivity contribution is -0.139.